The minimum Gasteiger partial charge on any atom is -1.00 e. The Morgan fingerprint density at radius 3 is 2.18 bits per heavy atom. The van der Waals surface area contributed by atoms with Crippen molar-refractivity contribution >= 4 is 5.84 Å². The molecule has 1 aliphatic heterocycles. The lowest BCUT2D eigenvalue weighted by molar-refractivity contribution is -0.779. The highest BCUT2D eigenvalue weighted by Gasteiger charge is 2.28. The Morgan fingerprint density at radius 1 is 1.06 bits per heavy atom. The van der Waals surface area contributed by atoms with E-state index in [-0.39, 0.29) is 24.0 Å². The molecule has 0 saturated heterocycles. The monoisotopic (exact) mass is 353 g/mol. The van der Waals surface area contributed by atoms with Crippen molar-refractivity contribution in [1.82, 2.24) is 0 Å². The molecule has 1 unspecified atom stereocenters. The molecule has 0 aromatic carbocycles. The van der Waals surface area contributed by atoms with Crippen molar-refractivity contribution in [1.29, 1.82) is 0 Å². The van der Waals surface area contributed by atoms with E-state index >= 15 is 0 Å². The zero-order chi connectivity index (χ0) is 11.8. The number of likely N-dealkylation sites (N-methyl/N-ethyl adjacent to an activating group) is 2. The summed E-state index contributed by atoms with van der Waals surface area (Å²) in [4.78, 5) is 1.63. The van der Waals surface area contributed by atoms with Crippen LogP contribution in [-0.2, 0) is 0 Å². The van der Waals surface area contributed by atoms with Crippen molar-refractivity contribution in [3.8, 4) is 0 Å². The Kier molecular flexibility index (Phi) is 10.5. The summed E-state index contributed by atoms with van der Waals surface area (Å²) in [5, 5.41) is 0. The number of hydrogen-bond acceptors (Lipinski definition) is 0. The number of amidine groups is 1. The van der Waals surface area contributed by atoms with E-state index in [1.165, 1.54) is 64.5 Å². The van der Waals surface area contributed by atoms with E-state index in [0.29, 0.717) is 0 Å². The molecule has 0 saturated carbocycles. The van der Waals surface area contributed by atoms with Crippen LogP contribution in [0.15, 0.2) is 0 Å². The fourth-order valence-corrected chi connectivity index (χ4v) is 2.59. The van der Waals surface area contributed by atoms with E-state index < -0.39 is 0 Å². The van der Waals surface area contributed by atoms with Crippen LogP contribution in [0.1, 0.15) is 58.3 Å². The van der Waals surface area contributed by atoms with Gasteiger partial charge in [-0.15, -0.1) is 0 Å². The summed E-state index contributed by atoms with van der Waals surface area (Å²) in [6.45, 7) is 4.82. The number of nitrogens with one attached hydrogen (secondary N) is 1. The molecule has 0 aliphatic carbocycles. The lowest BCUT2D eigenvalue weighted by Gasteiger charge is -2.03. The topological polar surface area (TPSA) is 7.45 Å². The number of quaternary nitrogens is 1. The van der Waals surface area contributed by atoms with Gasteiger partial charge in [-0.05, 0) is 6.42 Å². The van der Waals surface area contributed by atoms with Gasteiger partial charge in [0.2, 0.25) is 0 Å². The Morgan fingerprint density at radius 2 is 1.65 bits per heavy atom. The minimum absolute atomic E-state index is 0. The number of hydrogen-bond donors (Lipinski definition) is 1. The molecule has 1 atom stereocenters. The molecule has 0 amide bonds. The van der Waals surface area contributed by atoms with Gasteiger partial charge in [0.05, 0.1) is 13.5 Å². The van der Waals surface area contributed by atoms with Crippen LogP contribution < -0.4 is 28.9 Å². The molecule has 1 rings (SSSR count). The van der Waals surface area contributed by atoms with E-state index in [1.807, 2.05) is 0 Å². The van der Waals surface area contributed by atoms with E-state index in [1.54, 1.807) is 10.7 Å². The van der Waals surface area contributed by atoms with Crippen LogP contribution in [0.3, 0.4) is 0 Å². The third-order valence-corrected chi connectivity index (χ3v) is 3.79. The highest BCUT2D eigenvalue weighted by molar-refractivity contribution is 5.68. The van der Waals surface area contributed by atoms with Crippen LogP contribution in [0, 0.1) is 0 Å². The van der Waals surface area contributed by atoms with Crippen molar-refractivity contribution in [2.45, 2.75) is 58.3 Å². The maximum atomic E-state index is 2.45. The fraction of sp³-hybridized carbons (Fsp3) is 0.929. The lowest BCUT2D eigenvalue weighted by atomic mass is 10.1. The van der Waals surface area contributed by atoms with Crippen LogP contribution in [-0.4, -0.2) is 37.6 Å². The van der Waals surface area contributed by atoms with Crippen molar-refractivity contribution in [2.75, 3.05) is 27.2 Å². The molecule has 0 aromatic rings. The number of rotatable bonds is 8. The molecule has 0 bridgehead atoms. The first-order chi connectivity index (χ1) is 7.75. The number of unbranched alkanes of at least 4 members (excludes halogenated alkanes) is 6. The second-order valence-electron chi connectivity index (χ2n) is 5.27. The van der Waals surface area contributed by atoms with Crippen molar-refractivity contribution in [3.05, 3.63) is 0 Å². The molecule has 0 aromatic heterocycles. The molecule has 0 spiro atoms. The van der Waals surface area contributed by atoms with E-state index in [0.717, 1.165) is 0 Å². The molecule has 17 heavy (non-hydrogen) atoms. The third kappa shape index (κ3) is 6.75. The summed E-state index contributed by atoms with van der Waals surface area (Å²) in [7, 11) is 4.55. The van der Waals surface area contributed by atoms with Gasteiger partial charge >= 0.3 is 5.84 Å². The zero-order valence-electron chi connectivity index (χ0n) is 11.9. The fourth-order valence-electron chi connectivity index (χ4n) is 2.59. The van der Waals surface area contributed by atoms with Gasteiger partial charge in [-0.3, -0.25) is 0 Å². The first-order valence-electron chi connectivity index (χ1n) is 7.15. The van der Waals surface area contributed by atoms with Crippen molar-refractivity contribution in [2.24, 2.45) is 0 Å². The van der Waals surface area contributed by atoms with Crippen molar-refractivity contribution in [3.63, 3.8) is 0 Å². The predicted molar refractivity (Wildman–Crippen MR) is 70.4 cm³/mol. The average Bonchev–Trinajstić information content (AvgIpc) is 2.59. The average molecular weight is 353 g/mol. The molecular formula is C14H30IN2+. The Balaban J connectivity index is 0.00000256. The quantitative estimate of drug-likeness (QED) is 0.315. The van der Waals surface area contributed by atoms with Gasteiger partial charge in [0, 0.05) is 0 Å². The van der Waals surface area contributed by atoms with Gasteiger partial charge in [-0.2, -0.15) is 4.58 Å². The maximum absolute atomic E-state index is 2.45. The number of halogens is 1. The zero-order valence-corrected chi connectivity index (χ0v) is 14.1. The van der Waals surface area contributed by atoms with Crippen LogP contribution in [0.25, 0.3) is 0 Å². The van der Waals surface area contributed by atoms with Gasteiger partial charge in [-0.1, -0.05) is 45.4 Å². The van der Waals surface area contributed by atoms with Gasteiger partial charge in [0.15, 0.2) is 6.54 Å². The third-order valence-electron chi connectivity index (χ3n) is 3.79. The predicted octanol–water partition coefficient (Wildman–Crippen LogP) is -1.30. The molecule has 0 radical (unpaired) electrons. The van der Waals surface area contributed by atoms with E-state index in [4.69, 9.17) is 0 Å². The van der Waals surface area contributed by atoms with Crippen LogP contribution in [0.5, 0.6) is 0 Å². The summed E-state index contributed by atoms with van der Waals surface area (Å²) in [5.74, 6) is 1.63. The van der Waals surface area contributed by atoms with Gasteiger partial charge in [0.25, 0.3) is 0 Å². The molecule has 1 aliphatic rings. The highest BCUT2D eigenvalue weighted by Crippen LogP contribution is 2.08. The summed E-state index contributed by atoms with van der Waals surface area (Å²) in [6.07, 6.45) is 11.2. The maximum Gasteiger partial charge on any atom is 0.336 e. The van der Waals surface area contributed by atoms with Gasteiger partial charge in [0.1, 0.15) is 13.6 Å². The molecule has 3 heteroatoms. The Labute approximate surface area is 124 Å². The summed E-state index contributed by atoms with van der Waals surface area (Å²) >= 11 is 0. The van der Waals surface area contributed by atoms with E-state index in [2.05, 4.69) is 25.6 Å². The first-order valence-corrected chi connectivity index (χ1v) is 7.15. The normalized spacial score (nSPS) is 19.6. The standard InChI is InChI=1S/C14H29N2.HI/c1-4-5-6-7-8-9-10-11-14-15(2)12-13-16(14)3;/h4-13H2,1-3H3;1H/q+1;. The molecule has 0 fully saturated rings. The molecule has 2 nitrogen and oxygen atoms in total. The largest absolute Gasteiger partial charge is 1.00 e. The van der Waals surface area contributed by atoms with Crippen molar-refractivity contribution < 1.29 is 33.5 Å². The summed E-state index contributed by atoms with van der Waals surface area (Å²) in [5.41, 5.74) is 0. The van der Waals surface area contributed by atoms with Gasteiger partial charge < -0.3 is 24.0 Å². The van der Waals surface area contributed by atoms with Crippen LogP contribution in [0.2, 0.25) is 0 Å². The second kappa shape index (κ2) is 10.3. The first kappa shape index (κ1) is 17.4. The summed E-state index contributed by atoms with van der Waals surface area (Å²) < 4.78 is 2.45. The molecule has 1 heterocycles. The second-order valence-corrected chi connectivity index (χ2v) is 5.27. The molecule has 1 N–H and O–H groups in total. The SMILES string of the molecule is CCCCCCCCCC1=[N+](C)CC[NH+]1C.[I-]. The smallest absolute Gasteiger partial charge is 0.336 e. The molecular weight excluding hydrogens is 323 g/mol. The van der Waals surface area contributed by atoms with Gasteiger partial charge in [-0.25, -0.2) is 4.90 Å². The lowest BCUT2D eigenvalue weighted by Crippen LogP contribution is -3.10. The Bertz CT molecular complexity index is 226. The number of nitrogens with zero attached hydrogens (tertiary/aromatic N) is 1. The molecule has 102 valence electrons. The van der Waals surface area contributed by atoms with Crippen LogP contribution in [0.4, 0.5) is 0 Å². The van der Waals surface area contributed by atoms with Crippen LogP contribution >= 0.6 is 0 Å². The summed E-state index contributed by atoms with van der Waals surface area (Å²) in [6, 6.07) is 0. The van der Waals surface area contributed by atoms with E-state index in [9.17, 15) is 0 Å². The highest BCUT2D eigenvalue weighted by atomic mass is 127. The minimum atomic E-state index is 0. The Hall–Kier alpha value is 0.360.